The van der Waals surface area contributed by atoms with Gasteiger partial charge in [0.15, 0.2) is 0 Å². The van der Waals surface area contributed by atoms with Gasteiger partial charge in [-0.15, -0.1) is 11.3 Å². The Kier molecular flexibility index (Phi) is 7.69. The van der Waals surface area contributed by atoms with E-state index in [2.05, 4.69) is 15.5 Å². The summed E-state index contributed by atoms with van der Waals surface area (Å²) in [7, 11) is 1.69. The number of aromatic nitrogens is 3. The van der Waals surface area contributed by atoms with E-state index in [1.54, 1.807) is 7.05 Å². The summed E-state index contributed by atoms with van der Waals surface area (Å²) in [5.74, 6) is -3.27. The molecule has 9 nitrogen and oxygen atoms in total. The van der Waals surface area contributed by atoms with Crippen molar-refractivity contribution < 1.29 is 23.1 Å². The van der Waals surface area contributed by atoms with Crippen molar-refractivity contribution in [3.8, 4) is 11.1 Å². The molecule has 0 aliphatic heterocycles. The Labute approximate surface area is 245 Å². The van der Waals surface area contributed by atoms with Crippen LogP contribution in [0, 0.1) is 0 Å². The van der Waals surface area contributed by atoms with E-state index in [-0.39, 0.29) is 22.5 Å². The second kappa shape index (κ2) is 11.0. The zero-order chi connectivity index (χ0) is 30.4. The first-order chi connectivity index (χ1) is 19.7. The van der Waals surface area contributed by atoms with Crippen LogP contribution in [0.3, 0.4) is 0 Å². The number of aromatic amines is 1. The number of alkyl halides is 2. The summed E-state index contributed by atoms with van der Waals surface area (Å²) in [4.78, 5) is 41.2. The van der Waals surface area contributed by atoms with Crippen LogP contribution in [-0.4, -0.2) is 50.2 Å². The SMILES string of the molecule is C[C@@H](NC(=O)c1cn(C2CC(F)(F)C2)c(=O)c2cn[nH]c12)c1cc(-c2ccccc2CN(C)C(=O)OC(C)(C)C)cs1. The van der Waals surface area contributed by atoms with Gasteiger partial charge in [0.1, 0.15) is 5.60 Å². The van der Waals surface area contributed by atoms with Gasteiger partial charge in [-0.3, -0.25) is 14.7 Å². The first-order valence-electron chi connectivity index (χ1n) is 13.6. The maximum absolute atomic E-state index is 13.5. The number of thiophene rings is 1. The highest BCUT2D eigenvalue weighted by Gasteiger charge is 2.46. The molecule has 1 atom stereocenters. The van der Waals surface area contributed by atoms with E-state index >= 15 is 0 Å². The van der Waals surface area contributed by atoms with Crippen LogP contribution in [0.5, 0.6) is 0 Å². The van der Waals surface area contributed by atoms with Crippen LogP contribution < -0.4 is 10.9 Å². The molecule has 1 fully saturated rings. The van der Waals surface area contributed by atoms with Crippen LogP contribution in [0.15, 0.2) is 52.9 Å². The number of rotatable bonds is 7. The second-order valence-corrected chi connectivity index (χ2v) is 12.7. The quantitative estimate of drug-likeness (QED) is 0.261. The number of benzene rings is 1. The number of nitrogens with zero attached hydrogens (tertiary/aromatic N) is 3. The molecule has 1 saturated carbocycles. The molecule has 2 N–H and O–H groups in total. The molecule has 5 rings (SSSR count). The molecule has 1 aliphatic carbocycles. The summed E-state index contributed by atoms with van der Waals surface area (Å²) in [6, 6.07) is 8.71. The Morgan fingerprint density at radius 1 is 1.29 bits per heavy atom. The third kappa shape index (κ3) is 6.08. The number of carbonyl (C=O) groups excluding carboxylic acids is 2. The molecule has 42 heavy (non-hydrogen) atoms. The fourth-order valence-electron chi connectivity index (χ4n) is 4.99. The van der Waals surface area contributed by atoms with E-state index in [1.165, 1.54) is 33.2 Å². The number of nitrogens with one attached hydrogen (secondary N) is 2. The molecule has 222 valence electrons. The van der Waals surface area contributed by atoms with Crippen LogP contribution in [0.25, 0.3) is 22.0 Å². The number of hydrogen-bond donors (Lipinski definition) is 2. The van der Waals surface area contributed by atoms with Crippen molar-refractivity contribution in [2.24, 2.45) is 0 Å². The predicted octanol–water partition coefficient (Wildman–Crippen LogP) is 6.28. The monoisotopic (exact) mass is 597 g/mol. The molecule has 3 aromatic heterocycles. The maximum atomic E-state index is 13.5. The smallest absolute Gasteiger partial charge is 0.410 e. The number of H-pyrrole nitrogens is 1. The fraction of sp³-hybridized carbons (Fsp3) is 0.400. The molecule has 0 saturated heterocycles. The van der Waals surface area contributed by atoms with Gasteiger partial charge in [0.25, 0.3) is 17.4 Å². The number of pyridine rings is 1. The lowest BCUT2D eigenvalue weighted by Crippen LogP contribution is -2.41. The molecule has 4 aromatic rings. The lowest BCUT2D eigenvalue weighted by atomic mass is 9.87. The third-order valence-electron chi connectivity index (χ3n) is 7.18. The van der Waals surface area contributed by atoms with Crippen LogP contribution >= 0.6 is 11.3 Å². The van der Waals surface area contributed by atoms with E-state index in [4.69, 9.17) is 4.74 Å². The molecule has 1 aromatic carbocycles. The van der Waals surface area contributed by atoms with Crippen molar-refractivity contribution in [2.75, 3.05) is 7.05 Å². The molecule has 0 radical (unpaired) electrons. The average Bonchev–Trinajstić information content (AvgIpc) is 3.58. The van der Waals surface area contributed by atoms with E-state index in [0.29, 0.717) is 6.54 Å². The van der Waals surface area contributed by atoms with E-state index in [9.17, 15) is 23.2 Å². The van der Waals surface area contributed by atoms with Crippen LogP contribution in [-0.2, 0) is 11.3 Å². The van der Waals surface area contributed by atoms with Gasteiger partial charge < -0.3 is 19.5 Å². The first-order valence-corrected chi connectivity index (χ1v) is 14.5. The maximum Gasteiger partial charge on any atom is 0.410 e. The summed E-state index contributed by atoms with van der Waals surface area (Å²) in [6.07, 6.45) is 1.36. The minimum Gasteiger partial charge on any atom is -0.444 e. The average molecular weight is 598 g/mol. The van der Waals surface area contributed by atoms with Gasteiger partial charge in [-0.05, 0) is 55.8 Å². The van der Waals surface area contributed by atoms with Crippen LogP contribution in [0.4, 0.5) is 13.6 Å². The van der Waals surface area contributed by atoms with Gasteiger partial charge in [0, 0.05) is 43.5 Å². The molecule has 2 amide bonds. The Hall–Kier alpha value is -4.06. The summed E-state index contributed by atoms with van der Waals surface area (Å²) in [5.41, 5.74) is 2.22. The Bertz CT molecular complexity index is 1700. The Balaban J connectivity index is 1.34. The first kappa shape index (κ1) is 29.4. The number of hydrogen-bond acceptors (Lipinski definition) is 6. The number of amides is 2. The van der Waals surface area contributed by atoms with E-state index in [1.807, 2.05) is 63.4 Å². The zero-order valence-electron chi connectivity index (χ0n) is 24.0. The van der Waals surface area contributed by atoms with Crippen molar-refractivity contribution >= 4 is 34.2 Å². The summed E-state index contributed by atoms with van der Waals surface area (Å²) < 4.78 is 33.8. The van der Waals surface area contributed by atoms with Crippen molar-refractivity contribution in [1.29, 1.82) is 0 Å². The Morgan fingerprint density at radius 2 is 2.00 bits per heavy atom. The summed E-state index contributed by atoms with van der Waals surface area (Å²) in [6.45, 7) is 7.67. The number of carbonyl (C=O) groups is 2. The normalized spacial score (nSPS) is 15.7. The zero-order valence-corrected chi connectivity index (χ0v) is 24.9. The molecule has 0 spiro atoms. The Morgan fingerprint density at radius 3 is 2.69 bits per heavy atom. The van der Waals surface area contributed by atoms with Crippen molar-refractivity contribution in [1.82, 2.24) is 25.0 Å². The minimum atomic E-state index is -2.81. The van der Waals surface area contributed by atoms with Crippen molar-refractivity contribution in [3.63, 3.8) is 0 Å². The molecular formula is C30H33F2N5O4S. The number of halogens is 2. The van der Waals surface area contributed by atoms with E-state index < -0.39 is 48.0 Å². The molecule has 1 aliphatic rings. The highest BCUT2D eigenvalue weighted by molar-refractivity contribution is 7.10. The minimum absolute atomic E-state index is 0.163. The van der Waals surface area contributed by atoms with Gasteiger partial charge in [-0.1, -0.05) is 24.3 Å². The topological polar surface area (TPSA) is 109 Å². The highest BCUT2D eigenvalue weighted by atomic mass is 32.1. The number of fused-ring (bicyclic) bond motifs is 1. The van der Waals surface area contributed by atoms with Gasteiger partial charge in [-0.25, -0.2) is 13.6 Å². The molecule has 12 heteroatoms. The predicted molar refractivity (Wildman–Crippen MR) is 157 cm³/mol. The van der Waals surface area contributed by atoms with Crippen molar-refractivity contribution in [3.05, 3.63) is 74.5 Å². The molecule has 0 unspecified atom stereocenters. The van der Waals surface area contributed by atoms with Gasteiger partial charge in [0.2, 0.25) is 0 Å². The molecular weight excluding hydrogens is 564 g/mol. The lowest BCUT2D eigenvalue weighted by molar-refractivity contribution is -0.104. The third-order valence-corrected chi connectivity index (χ3v) is 8.30. The highest BCUT2D eigenvalue weighted by Crippen LogP contribution is 2.45. The van der Waals surface area contributed by atoms with Gasteiger partial charge in [-0.2, -0.15) is 5.10 Å². The van der Waals surface area contributed by atoms with Gasteiger partial charge >= 0.3 is 6.09 Å². The lowest BCUT2D eigenvalue weighted by Gasteiger charge is -2.36. The fourth-order valence-corrected chi connectivity index (χ4v) is 5.91. The van der Waals surface area contributed by atoms with E-state index in [0.717, 1.165) is 21.6 Å². The van der Waals surface area contributed by atoms with Gasteiger partial charge in [0.05, 0.1) is 28.7 Å². The molecule has 0 bridgehead atoms. The van der Waals surface area contributed by atoms with Crippen LogP contribution in [0.2, 0.25) is 0 Å². The molecule has 3 heterocycles. The largest absolute Gasteiger partial charge is 0.444 e. The van der Waals surface area contributed by atoms with Crippen LogP contribution in [0.1, 0.15) is 73.4 Å². The number of ether oxygens (including phenoxy) is 1. The summed E-state index contributed by atoms with van der Waals surface area (Å²) >= 11 is 1.48. The van der Waals surface area contributed by atoms with Crippen molar-refractivity contribution in [2.45, 2.75) is 70.7 Å². The second-order valence-electron chi connectivity index (χ2n) is 11.8. The summed E-state index contributed by atoms with van der Waals surface area (Å²) in [5, 5.41) is 11.8. The standard InChI is InChI=1S/C30H33F2N5O4S/c1-17(34-26(38)23-15-37(20-11-30(31,32)12-20)27(39)22-13-33-35-25(22)23)24-10-19(16-42-24)21-9-7-6-8-18(21)14-36(5)28(40)41-29(2,3)4/h6-10,13,15-17,20H,11-12,14H2,1-5H3,(H,33,35)(H,34,38)/t17-/m1/s1.